The Morgan fingerprint density at radius 3 is 2.65 bits per heavy atom. The Labute approximate surface area is 122 Å². The third kappa shape index (κ3) is 2.32. The number of benzene rings is 2. The standard InChI is InChI=1S/C15H8BrFN2O/c16-9-5-6-11(17)10(7-9)15(20)14-8-18-12-3-1-2-4-13(12)19-14/h1-8H. The Hall–Kier alpha value is -2.14. The third-order valence-electron chi connectivity index (χ3n) is 2.85. The van der Waals surface area contributed by atoms with Gasteiger partial charge in [0, 0.05) is 4.47 Å². The third-order valence-corrected chi connectivity index (χ3v) is 3.35. The van der Waals surface area contributed by atoms with Crippen LogP contribution in [0.1, 0.15) is 16.1 Å². The number of halogens is 2. The predicted molar refractivity (Wildman–Crippen MR) is 77.1 cm³/mol. The van der Waals surface area contributed by atoms with Crippen LogP contribution in [0.15, 0.2) is 53.1 Å². The minimum Gasteiger partial charge on any atom is -0.287 e. The van der Waals surface area contributed by atoms with Crippen LogP contribution in [0.4, 0.5) is 4.39 Å². The van der Waals surface area contributed by atoms with Crippen molar-refractivity contribution in [1.82, 2.24) is 9.97 Å². The van der Waals surface area contributed by atoms with E-state index in [1.165, 1.54) is 24.4 Å². The molecule has 1 aromatic heterocycles. The number of hydrogen-bond acceptors (Lipinski definition) is 3. The van der Waals surface area contributed by atoms with E-state index in [-0.39, 0.29) is 11.3 Å². The van der Waals surface area contributed by atoms with Crippen LogP contribution in [0.25, 0.3) is 11.0 Å². The quantitative estimate of drug-likeness (QED) is 0.672. The second-order valence-corrected chi connectivity index (χ2v) is 5.11. The molecule has 0 bridgehead atoms. The molecule has 0 N–H and O–H groups in total. The monoisotopic (exact) mass is 330 g/mol. The lowest BCUT2D eigenvalue weighted by Crippen LogP contribution is -2.07. The molecule has 0 spiro atoms. The first-order valence-corrected chi connectivity index (χ1v) is 6.66. The Kier molecular flexibility index (Phi) is 3.28. The van der Waals surface area contributed by atoms with Crippen molar-refractivity contribution in [3.63, 3.8) is 0 Å². The summed E-state index contributed by atoms with van der Waals surface area (Å²) in [5, 5.41) is 0. The molecule has 0 aliphatic carbocycles. The van der Waals surface area contributed by atoms with Crippen molar-refractivity contribution in [3.05, 3.63) is 70.2 Å². The lowest BCUT2D eigenvalue weighted by atomic mass is 10.1. The van der Waals surface area contributed by atoms with Gasteiger partial charge in [-0.3, -0.25) is 9.78 Å². The highest BCUT2D eigenvalue weighted by atomic mass is 79.9. The minimum absolute atomic E-state index is 0.0241. The van der Waals surface area contributed by atoms with Crippen LogP contribution in [-0.4, -0.2) is 15.8 Å². The second kappa shape index (κ2) is 5.09. The molecule has 0 saturated carbocycles. The molecule has 5 heteroatoms. The van der Waals surface area contributed by atoms with Crippen LogP contribution in [0.3, 0.4) is 0 Å². The van der Waals surface area contributed by atoms with Crippen LogP contribution < -0.4 is 0 Å². The zero-order chi connectivity index (χ0) is 14.1. The van der Waals surface area contributed by atoms with Gasteiger partial charge < -0.3 is 0 Å². The summed E-state index contributed by atoms with van der Waals surface area (Å²) in [5.74, 6) is -1.06. The fourth-order valence-corrected chi connectivity index (χ4v) is 2.24. The summed E-state index contributed by atoms with van der Waals surface area (Å²) in [5.41, 5.74) is 1.40. The second-order valence-electron chi connectivity index (χ2n) is 4.20. The van der Waals surface area contributed by atoms with Crippen LogP contribution in [0.5, 0.6) is 0 Å². The summed E-state index contributed by atoms with van der Waals surface area (Å²) in [6, 6.07) is 11.4. The first-order valence-electron chi connectivity index (χ1n) is 5.87. The molecule has 20 heavy (non-hydrogen) atoms. The zero-order valence-electron chi connectivity index (χ0n) is 10.2. The van der Waals surface area contributed by atoms with Gasteiger partial charge in [-0.25, -0.2) is 9.37 Å². The van der Waals surface area contributed by atoms with Gasteiger partial charge in [0.2, 0.25) is 5.78 Å². The molecule has 1 heterocycles. The number of fused-ring (bicyclic) bond motifs is 1. The van der Waals surface area contributed by atoms with Crippen molar-refractivity contribution >= 4 is 32.7 Å². The summed E-state index contributed by atoms with van der Waals surface area (Å²) >= 11 is 3.22. The first-order chi connectivity index (χ1) is 9.65. The first kappa shape index (κ1) is 12.9. The van der Waals surface area contributed by atoms with Crippen LogP contribution in [0, 0.1) is 5.82 Å². The van der Waals surface area contributed by atoms with Crippen LogP contribution in [0.2, 0.25) is 0 Å². The summed E-state index contributed by atoms with van der Waals surface area (Å²) in [6.45, 7) is 0. The molecular weight excluding hydrogens is 323 g/mol. The maximum atomic E-state index is 13.7. The van der Waals surface area contributed by atoms with E-state index >= 15 is 0 Å². The largest absolute Gasteiger partial charge is 0.287 e. The highest BCUT2D eigenvalue weighted by Crippen LogP contribution is 2.19. The van der Waals surface area contributed by atoms with Gasteiger partial charge in [-0.05, 0) is 30.3 Å². The maximum Gasteiger partial charge on any atom is 0.215 e. The molecule has 3 nitrogen and oxygen atoms in total. The molecule has 0 saturated heterocycles. The van der Waals surface area contributed by atoms with Gasteiger partial charge in [0.25, 0.3) is 0 Å². The van der Waals surface area contributed by atoms with Crippen molar-refractivity contribution in [2.75, 3.05) is 0 Å². The molecule has 0 aliphatic heterocycles. The highest BCUT2D eigenvalue weighted by molar-refractivity contribution is 9.10. The lowest BCUT2D eigenvalue weighted by Gasteiger charge is -2.04. The molecule has 0 aliphatic rings. The van der Waals surface area contributed by atoms with E-state index in [2.05, 4.69) is 25.9 Å². The van der Waals surface area contributed by atoms with Crippen molar-refractivity contribution in [1.29, 1.82) is 0 Å². The molecule has 3 rings (SSSR count). The van der Waals surface area contributed by atoms with Gasteiger partial charge in [0.15, 0.2) is 0 Å². The number of rotatable bonds is 2. The Morgan fingerprint density at radius 2 is 1.85 bits per heavy atom. The van der Waals surface area contributed by atoms with E-state index in [4.69, 9.17) is 0 Å². The fraction of sp³-hybridized carbons (Fsp3) is 0. The van der Waals surface area contributed by atoms with E-state index in [1.807, 2.05) is 12.1 Å². The SMILES string of the molecule is O=C(c1cnc2ccccc2n1)c1cc(Br)ccc1F. The zero-order valence-corrected chi connectivity index (χ0v) is 11.8. The number of nitrogens with zero attached hydrogens (tertiary/aromatic N) is 2. The molecule has 0 unspecified atom stereocenters. The average Bonchev–Trinajstić information content (AvgIpc) is 2.48. The van der Waals surface area contributed by atoms with E-state index in [0.29, 0.717) is 15.5 Å². The van der Waals surface area contributed by atoms with E-state index in [9.17, 15) is 9.18 Å². The number of carbonyl (C=O) groups is 1. The van der Waals surface area contributed by atoms with Crippen molar-refractivity contribution in [2.45, 2.75) is 0 Å². The molecular formula is C15H8BrFN2O. The number of carbonyl (C=O) groups excluding carboxylic acids is 1. The maximum absolute atomic E-state index is 13.7. The number of aromatic nitrogens is 2. The molecule has 98 valence electrons. The van der Waals surface area contributed by atoms with Crippen molar-refractivity contribution in [3.8, 4) is 0 Å². The minimum atomic E-state index is -0.576. The normalized spacial score (nSPS) is 10.7. The van der Waals surface area contributed by atoms with E-state index < -0.39 is 11.6 Å². The topological polar surface area (TPSA) is 42.9 Å². The number of ketones is 1. The Balaban J connectivity index is 2.10. The van der Waals surface area contributed by atoms with E-state index in [0.717, 1.165) is 0 Å². The molecule has 0 atom stereocenters. The molecule has 0 radical (unpaired) electrons. The van der Waals surface area contributed by atoms with Crippen LogP contribution >= 0.6 is 15.9 Å². The van der Waals surface area contributed by atoms with Gasteiger partial charge in [-0.2, -0.15) is 0 Å². The lowest BCUT2D eigenvalue weighted by molar-refractivity contribution is 0.103. The van der Waals surface area contributed by atoms with Gasteiger partial charge >= 0.3 is 0 Å². The molecule has 0 amide bonds. The summed E-state index contributed by atoms with van der Waals surface area (Å²) < 4.78 is 14.4. The van der Waals surface area contributed by atoms with Gasteiger partial charge in [-0.1, -0.05) is 28.1 Å². The van der Waals surface area contributed by atoms with Crippen LogP contribution in [-0.2, 0) is 0 Å². The summed E-state index contributed by atoms with van der Waals surface area (Å²) in [7, 11) is 0. The van der Waals surface area contributed by atoms with Crippen molar-refractivity contribution < 1.29 is 9.18 Å². The van der Waals surface area contributed by atoms with Gasteiger partial charge in [0.05, 0.1) is 22.8 Å². The Morgan fingerprint density at radius 1 is 1.10 bits per heavy atom. The van der Waals surface area contributed by atoms with Gasteiger partial charge in [0.1, 0.15) is 11.5 Å². The van der Waals surface area contributed by atoms with E-state index in [1.54, 1.807) is 12.1 Å². The molecule has 0 fully saturated rings. The summed E-state index contributed by atoms with van der Waals surface area (Å²) in [6.07, 6.45) is 1.37. The summed E-state index contributed by atoms with van der Waals surface area (Å²) in [4.78, 5) is 20.7. The van der Waals surface area contributed by atoms with Crippen molar-refractivity contribution in [2.24, 2.45) is 0 Å². The van der Waals surface area contributed by atoms with Gasteiger partial charge in [-0.15, -0.1) is 0 Å². The molecule has 3 aromatic rings. The predicted octanol–water partition coefficient (Wildman–Crippen LogP) is 3.76. The molecule has 2 aromatic carbocycles. The average molecular weight is 331 g/mol. The number of hydrogen-bond donors (Lipinski definition) is 0. The number of para-hydroxylation sites is 2. The smallest absolute Gasteiger partial charge is 0.215 e. The highest BCUT2D eigenvalue weighted by Gasteiger charge is 2.16. The Bertz CT molecular complexity index is 820. The fourth-order valence-electron chi connectivity index (χ4n) is 1.88.